The van der Waals surface area contributed by atoms with Crippen molar-refractivity contribution in [1.29, 1.82) is 0 Å². The van der Waals surface area contributed by atoms with E-state index >= 15 is 0 Å². The van der Waals surface area contributed by atoms with E-state index < -0.39 is 0 Å². The van der Waals surface area contributed by atoms with Crippen LogP contribution in [0.5, 0.6) is 0 Å². The fourth-order valence-corrected chi connectivity index (χ4v) is 3.09. The fraction of sp³-hybridized carbons (Fsp3) is 1.00. The second-order valence-corrected chi connectivity index (χ2v) is 4.98. The Morgan fingerprint density at radius 1 is 0.929 bits per heavy atom. The Balaban J connectivity index is 1.90. The van der Waals surface area contributed by atoms with Gasteiger partial charge in [0.1, 0.15) is 0 Å². The van der Waals surface area contributed by atoms with Crippen molar-refractivity contribution in [1.82, 2.24) is 5.32 Å². The molecular formula is C12H23NO. The lowest BCUT2D eigenvalue weighted by molar-refractivity contribution is 0.0416. The van der Waals surface area contributed by atoms with E-state index in [-0.39, 0.29) is 6.10 Å². The quantitative estimate of drug-likeness (QED) is 0.630. The number of aliphatic hydroxyl groups excluding tert-OH is 1. The van der Waals surface area contributed by atoms with Crippen molar-refractivity contribution in [2.75, 3.05) is 13.1 Å². The minimum Gasteiger partial charge on any atom is -0.393 e. The van der Waals surface area contributed by atoms with E-state index in [1.807, 2.05) is 0 Å². The number of aliphatic hydroxyl groups is 1. The van der Waals surface area contributed by atoms with Crippen LogP contribution in [0.3, 0.4) is 0 Å². The summed E-state index contributed by atoms with van der Waals surface area (Å²) >= 11 is 0. The predicted octanol–water partition coefficient (Wildman–Crippen LogP) is 1.93. The van der Waals surface area contributed by atoms with Gasteiger partial charge in [-0.15, -0.1) is 0 Å². The van der Waals surface area contributed by atoms with E-state index in [1.165, 1.54) is 38.5 Å². The summed E-state index contributed by atoms with van der Waals surface area (Å²) in [5.41, 5.74) is 0. The molecular weight excluding hydrogens is 174 g/mol. The second-order valence-electron chi connectivity index (χ2n) is 4.98. The fourth-order valence-electron chi connectivity index (χ4n) is 3.09. The van der Waals surface area contributed by atoms with E-state index in [1.54, 1.807) is 0 Å². The van der Waals surface area contributed by atoms with Crippen LogP contribution in [-0.2, 0) is 0 Å². The zero-order valence-corrected chi connectivity index (χ0v) is 9.04. The maximum Gasteiger partial charge on any atom is 0.0595 e. The smallest absolute Gasteiger partial charge is 0.0595 e. The van der Waals surface area contributed by atoms with E-state index in [4.69, 9.17) is 0 Å². The molecule has 0 spiro atoms. The van der Waals surface area contributed by atoms with Crippen molar-refractivity contribution < 1.29 is 5.11 Å². The first-order valence-electron chi connectivity index (χ1n) is 6.26. The normalized spacial score (nSPS) is 36.6. The molecule has 2 fully saturated rings. The maximum atomic E-state index is 9.97. The minimum atomic E-state index is -0.0284. The highest BCUT2D eigenvalue weighted by atomic mass is 16.3. The standard InChI is InChI=1S/C12H23NO/c14-12-7-8-13-9-11(12)10-5-3-1-2-4-6-10/h10-14H,1-9H2. The van der Waals surface area contributed by atoms with Gasteiger partial charge in [-0.1, -0.05) is 38.5 Å². The van der Waals surface area contributed by atoms with Crippen LogP contribution in [-0.4, -0.2) is 24.3 Å². The van der Waals surface area contributed by atoms with E-state index in [2.05, 4.69) is 5.32 Å². The van der Waals surface area contributed by atoms with Crippen LogP contribution in [0.2, 0.25) is 0 Å². The summed E-state index contributed by atoms with van der Waals surface area (Å²) in [5.74, 6) is 1.34. The van der Waals surface area contributed by atoms with Crippen LogP contribution >= 0.6 is 0 Å². The third-order valence-corrected chi connectivity index (χ3v) is 4.00. The number of hydrogen-bond acceptors (Lipinski definition) is 2. The van der Waals surface area contributed by atoms with Gasteiger partial charge in [0.15, 0.2) is 0 Å². The molecule has 2 nitrogen and oxygen atoms in total. The van der Waals surface area contributed by atoms with Gasteiger partial charge >= 0.3 is 0 Å². The molecule has 0 aromatic carbocycles. The van der Waals surface area contributed by atoms with Gasteiger partial charge in [-0.2, -0.15) is 0 Å². The number of rotatable bonds is 1. The van der Waals surface area contributed by atoms with Crippen molar-refractivity contribution in [2.45, 2.75) is 51.0 Å². The van der Waals surface area contributed by atoms with Gasteiger partial charge in [-0.25, -0.2) is 0 Å². The molecule has 1 heterocycles. The largest absolute Gasteiger partial charge is 0.393 e. The molecule has 2 unspecified atom stereocenters. The molecule has 1 aliphatic carbocycles. The Hall–Kier alpha value is -0.0800. The summed E-state index contributed by atoms with van der Waals surface area (Å²) in [6.07, 6.45) is 9.22. The molecule has 82 valence electrons. The first-order chi connectivity index (χ1) is 6.88. The first kappa shape index (κ1) is 10.4. The summed E-state index contributed by atoms with van der Waals surface area (Å²) in [5, 5.41) is 13.4. The SMILES string of the molecule is OC1CCNCC1C1CCCCCC1. The Labute approximate surface area is 87.1 Å². The van der Waals surface area contributed by atoms with Gasteiger partial charge in [-0.05, 0) is 18.9 Å². The Morgan fingerprint density at radius 3 is 2.29 bits per heavy atom. The van der Waals surface area contributed by atoms with E-state index in [0.717, 1.165) is 25.4 Å². The average Bonchev–Trinajstić information content (AvgIpc) is 2.47. The van der Waals surface area contributed by atoms with Crippen LogP contribution in [0.1, 0.15) is 44.9 Å². The van der Waals surface area contributed by atoms with Crippen molar-refractivity contribution in [3.05, 3.63) is 0 Å². The Bertz CT molecular complexity index is 164. The topological polar surface area (TPSA) is 32.3 Å². The van der Waals surface area contributed by atoms with Crippen molar-refractivity contribution in [2.24, 2.45) is 11.8 Å². The van der Waals surface area contributed by atoms with Gasteiger partial charge in [0.2, 0.25) is 0 Å². The molecule has 2 rings (SSSR count). The van der Waals surface area contributed by atoms with Gasteiger partial charge in [-0.3, -0.25) is 0 Å². The molecule has 0 aromatic rings. The molecule has 2 heteroatoms. The summed E-state index contributed by atoms with van der Waals surface area (Å²) in [4.78, 5) is 0. The second kappa shape index (κ2) is 5.13. The number of hydrogen-bond donors (Lipinski definition) is 2. The molecule has 0 aromatic heterocycles. The predicted molar refractivity (Wildman–Crippen MR) is 58.2 cm³/mol. The minimum absolute atomic E-state index is 0.0284. The lowest BCUT2D eigenvalue weighted by Crippen LogP contribution is -2.43. The molecule has 0 bridgehead atoms. The van der Waals surface area contributed by atoms with Gasteiger partial charge in [0, 0.05) is 12.5 Å². The van der Waals surface area contributed by atoms with Crippen molar-refractivity contribution >= 4 is 0 Å². The molecule has 1 saturated carbocycles. The zero-order valence-electron chi connectivity index (χ0n) is 9.04. The Morgan fingerprint density at radius 2 is 1.64 bits per heavy atom. The molecule has 1 saturated heterocycles. The summed E-state index contributed by atoms with van der Waals surface area (Å²) in [7, 11) is 0. The highest BCUT2D eigenvalue weighted by Gasteiger charge is 2.30. The lowest BCUT2D eigenvalue weighted by Gasteiger charge is -2.34. The number of piperidine rings is 1. The molecule has 0 radical (unpaired) electrons. The third kappa shape index (κ3) is 2.48. The molecule has 0 amide bonds. The molecule has 1 aliphatic heterocycles. The van der Waals surface area contributed by atoms with Crippen LogP contribution < -0.4 is 5.32 Å². The third-order valence-electron chi connectivity index (χ3n) is 4.00. The first-order valence-corrected chi connectivity index (χ1v) is 6.26. The van der Waals surface area contributed by atoms with Crippen molar-refractivity contribution in [3.63, 3.8) is 0 Å². The lowest BCUT2D eigenvalue weighted by atomic mass is 9.80. The van der Waals surface area contributed by atoms with Crippen LogP contribution in [0.4, 0.5) is 0 Å². The maximum absolute atomic E-state index is 9.97. The molecule has 2 aliphatic rings. The summed E-state index contributed by atoms with van der Waals surface area (Å²) in [6.45, 7) is 2.05. The summed E-state index contributed by atoms with van der Waals surface area (Å²) < 4.78 is 0. The summed E-state index contributed by atoms with van der Waals surface area (Å²) in [6, 6.07) is 0. The highest BCUT2D eigenvalue weighted by molar-refractivity contribution is 4.83. The van der Waals surface area contributed by atoms with Gasteiger partial charge < -0.3 is 10.4 Å². The van der Waals surface area contributed by atoms with E-state index in [0.29, 0.717) is 5.92 Å². The molecule has 14 heavy (non-hydrogen) atoms. The van der Waals surface area contributed by atoms with Crippen LogP contribution in [0.15, 0.2) is 0 Å². The zero-order chi connectivity index (χ0) is 9.80. The monoisotopic (exact) mass is 197 g/mol. The number of nitrogens with one attached hydrogen (secondary N) is 1. The molecule has 2 atom stereocenters. The van der Waals surface area contributed by atoms with Crippen molar-refractivity contribution in [3.8, 4) is 0 Å². The Kier molecular flexibility index (Phi) is 3.82. The van der Waals surface area contributed by atoms with Crippen LogP contribution in [0, 0.1) is 11.8 Å². The van der Waals surface area contributed by atoms with Crippen LogP contribution in [0.25, 0.3) is 0 Å². The van der Waals surface area contributed by atoms with E-state index in [9.17, 15) is 5.11 Å². The van der Waals surface area contributed by atoms with Gasteiger partial charge in [0.25, 0.3) is 0 Å². The highest BCUT2D eigenvalue weighted by Crippen LogP contribution is 2.32. The van der Waals surface area contributed by atoms with Gasteiger partial charge in [0.05, 0.1) is 6.10 Å². The average molecular weight is 197 g/mol. The molecule has 2 N–H and O–H groups in total.